The highest BCUT2D eigenvalue weighted by Gasteiger charge is 2.52. The van der Waals surface area contributed by atoms with Crippen molar-refractivity contribution in [2.24, 2.45) is 0 Å². The van der Waals surface area contributed by atoms with Crippen molar-refractivity contribution < 1.29 is 0 Å². The topological polar surface area (TPSA) is 3.24 Å². The van der Waals surface area contributed by atoms with Crippen LogP contribution in [0.25, 0.3) is 0 Å². The summed E-state index contributed by atoms with van der Waals surface area (Å²) in [4.78, 5) is 2.60. The number of rotatable bonds is 0. The molecule has 6 aromatic carbocycles. The Balaban J connectivity index is 1.34. The molecule has 3 aliphatic heterocycles. The number of nitrogens with zero attached hydrogens (tertiary/aromatic N) is 1. The van der Waals surface area contributed by atoms with Crippen LogP contribution in [-0.4, -0.2) is 0 Å². The monoisotopic (exact) mass is 665 g/mol. The Morgan fingerprint density at radius 2 is 0.519 bits per heavy atom. The SMILES string of the molecule is CC1(C)c2cc(C#Cc3ccccc3)cc3c2N2c4c1cc(C#Cc1ccccc1)cc4C(C)(C)c1cc(C#Cc4ccccc4)cc(c12)C3(C)C. The predicted molar refractivity (Wildman–Crippen MR) is 215 cm³/mol. The molecule has 0 saturated heterocycles. The fraction of sp³-hybridized carbons (Fsp3) is 0.176. The third kappa shape index (κ3) is 4.84. The Hall–Kier alpha value is -6.20. The zero-order valence-electron chi connectivity index (χ0n) is 30.6. The summed E-state index contributed by atoms with van der Waals surface area (Å²) < 4.78 is 0. The van der Waals surface area contributed by atoms with Gasteiger partial charge in [0.1, 0.15) is 0 Å². The Bertz CT molecular complexity index is 2260. The molecule has 0 aliphatic carbocycles. The Morgan fingerprint density at radius 3 is 0.750 bits per heavy atom. The normalized spacial score (nSPS) is 15.5. The first-order valence-electron chi connectivity index (χ1n) is 18.1. The Morgan fingerprint density at radius 1 is 0.308 bits per heavy atom. The first kappa shape index (κ1) is 31.8. The highest BCUT2D eigenvalue weighted by atomic mass is 15.2. The predicted octanol–water partition coefficient (Wildman–Crippen LogP) is 11.3. The van der Waals surface area contributed by atoms with E-state index in [-0.39, 0.29) is 16.2 Å². The number of hydrogen-bond donors (Lipinski definition) is 0. The summed E-state index contributed by atoms with van der Waals surface area (Å²) in [5, 5.41) is 0. The maximum atomic E-state index is 3.57. The molecule has 52 heavy (non-hydrogen) atoms. The minimum absolute atomic E-state index is 0.304. The molecule has 0 atom stereocenters. The van der Waals surface area contributed by atoms with Crippen molar-refractivity contribution in [1.29, 1.82) is 0 Å². The summed E-state index contributed by atoms with van der Waals surface area (Å²) in [6.07, 6.45) is 0. The van der Waals surface area contributed by atoms with Gasteiger partial charge in [-0.1, -0.05) is 132 Å². The van der Waals surface area contributed by atoms with Crippen LogP contribution in [0.3, 0.4) is 0 Å². The third-order valence-corrected chi connectivity index (χ3v) is 11.4. The highest BCUT2D eigenvalue weighted by molar-refractivity contribution is 5.99. The lowest BCUT2D eigenvalue weighted by Crippen LogP contribution is -2.44. The minimum Gasteiger partial charge on any atom is -0.309 e. The number of benzene rings is 6. The smallest absolute Gasteiger partial charge is 0.0544 e. The van der Waals surface area contributed by atoms with Gasteiger partial charge < -0.3 is 4.90 Å². The maximum absolute atomic E-state index is 3.57. The second kappa shape index (κ2) is 11.4. The van der Waals surface area contributed by atoms with Crippen LogP contribution in [0.15, 0.2) is 127 Å². The molecule has 1 nitrogen and oxygen atoms in total. The summed E-state index contributed by atoms with van der Waals surface area (Å²) in [5.74, 6) is 21.1. The molecule has 6 aromatic rings. The van der Waals surface area contributed by atoms with E-state index in [1.165, 1.54) is 50.4 Å². The van der Waals surface area contributed by atoms with E-state index in [2.05, 4.69) is 155 Å². The standard InChI is InChI=1S/C51H39N/c1-49(2)40-28-37(25-22-34-16-10-7-11-17-34)30-42-46(40)52-47-41(49)29-38(26-23-35-18-12-8-13-19-35)31-43(47)51(5,6)45-33-39(27-24-36-20-14-9-15-21-36)32-44(48(45)52)50(42,3)4/h7-21,28-33H,1-6H3. The van der Waals surface area contributed by atoms with Gasteiger partial charge in [0, 0.05) is 49.6 Å². The van der Waals surface area contributed by atoms with Crippen molar-refractivity contribution in [3.8, 4) is 35.5 Å². The maximum Gasteiger partial charge on any atom is 0.0544 e. The number of hydrogen-bond acceptors (Lipinski definition) is 1. The summed E-state index contributed by atoms with van der Waals surface area (Å²) in [5.41, 5.74) is 16.9. The third-order valence-electron chi connectivity index (χ3n) is 11.4. The fourth-order valence-electron chi connectivity index (χ4n) is 8.47. The molecule has 0 aromatic heterocycles. The molecule has 0 saturated carbocycles. The van der Waals surface area contributed by atoms with Gasteiger partial charge in [0.05, 0.1) is 17.1 Å². The van der Waals surface area contributed by atoms with Gasteiger partial charge in [-0.2, -0.15) is 0 Å². The van der Waals surface area contributed by atoms with Gasteiger partial charge >= 0.3 is 0 Å². The van der Waals surface area contributed by atoms with Crippen LogP contribution < -0.4 is 4.90 Å². The Kier molecular flexibility index (Phi) is 6.97. The average Bonchev–Trinajstić information content (AvgIpc) is 3.15. The molecular formula is C51H39N. The molecule has 0 unspecified atom stereocenters. The lowest BCUT2D eigenvalue weighted by molar-refractivity contribution is 0.566. The second-order valence-electron chi connectivity index (χ2n) is 15.8. The van der Waals surface area contributed by atoms with E-state index >= 15 is 0 Å². The van der Waals surface area contributed by atoms with Crippen molar-refractivity contribution in [2.45, 2.75) is 57.8 Å². The molecule has 0 spiro atoms. The van der Waals surface area contributed by atoms with Gasteiger partial charge in [-0.25, -0.2) is 0 Å². The van der Waals surface area contributed by atoms with Gasteiger partial charge in [-0.15, -0.1) is 0 Å². The van der Waals surface area contributed by atoms with Crippen LogP contribution in [0.2, 0.25) is 0 Å². The quantitative estimate of drug-likeness (QED) is 0.146. The highest BCUT2D eigenvalue weighted by Crippen LogP contribution is 2.66. The van der Waals surface area contributed by atoms with Crippen LogP contribution in [0.1, 0.15) is 108 Å². The van der Waals surface area contributed by atoms with Crippen LogP contribution in [0.5, 0.6) is 0 Å². The molecule has 0 N–H and O–H groups in total. The first-order valence-corrected chi connectivity index (χ1v) is 18.1. The molecule has 3 aliphatic rings. The zero-order valence-corrected chi connectivity index (χ0v) is 30.6. The summed E-state index contributed by atoms with van der Waals surface area (Å²) in [7, 11) is 0. The molecule has 0 bridgehead atoms. The van der Waals surface area contributed by atoms with Gasteiger partial charge in [0.25, 0.3) is 0 Å². The number of anilines is 3. The van der Waals surface area contributed by atoms with E-state index < -0.39 is 0 Å². The van der Waals surface area contributed by atoms with Gasteiger partial charge in [-0.05, 0) is 106 Å². The van der Waals surface area contributed by atoms with Crippen LogP contribution in [-0.2, 0) is 16.2 Å². The minimum atomic E-state index is -0.304. The summed E-state index contributed by atoms with van der Waals surface area (Å²) >= 11 is 0. The van der Waals surface area contributed by atoms with E-state index in [9.17, 15) is 0 Å². The molecule has 9 rings (SSSR count). The molecule has 248 valence electrons. The van der Waals surface area contributed by atoms with Crippen molar-refractivity contribution in [3.63, 3.8) is 0 Å². The van der Waals surface area contributed by atoms with E-state index in [0.717, 1.165) is 33.4 Å². The fourth-order valence-corrected chi connectivity index (χ4v) is 8.47. The van der Waals surface area contributed by atoms with Crippen LogP contribution >= 0.6 is 0 Å². The molecule has 0 fully saturated rings. The Labute approximate surface area is 308 Å². The van der Waals surface area contributed by atoms with Gasteiger partial charge in [0.2, 0.25) is 0 Å². The van der Waals surface area contributed by atoms with Crippen molar-refractivity contribution in [1.82, 2.24) is 0 Å². The van der Waals surface area contributed by atoms with Crippen molar-refractivity contribution in [3.05, 3.63) is 194 Å². The van der Waals surface area contributed by atoms with E-state index in [4.69, 9.17) is 0 Å². The largest absolute Gasteiger partial charge is 0.309 e. The molecular weight excluding hydrogens is 627 g/mol. The second-order valence-corrected chi connectivity index (χ2v) is 15.8. The van der Waals surface area contributed by atoms with E-state index in [1.807, 2.05) is 54.6 Å². The molecule has 0 radical (unpaired) electrons. The zero-order chi connectivity index (χ0) is 35.8. The van der Waals surface area contributed by atoms with Crippen LogP contribution in [0.4, 0.5) is 17.1 Å². The summed E-state index contributed by atoms with van der Waals surface area (Å²) in [6, 6.07) is 44.9. The summed E-state index contributed by atoms with van der Waals surface area (Å²) in [6.45, 7) is 14.3. The van der Waals surface area contributed by atoms with Gasteiger partial charge in [-0.3, -0.25) is 0 Å². The van der Waals surface area contributed by atoms with Gasteiger partial charge in [0.15, 0.2) is 0 Å². The van der Waals surface area contributed by atoms with Crippen LogP contribution in [0, 0.1) is 35.5 Å². The molecule has 1 heteroatoms. The van der Waals surface area contributed by atoms with E-state index in [1.54, 1.807) is 0 Å². The first-order chi connectivity index (χ1) is 25.0. The average molecular weight is 666 g/mol. The molecule has 0 amide bonds. The van der Waals surface area contributed by atoms with Crippen molar-refractivity contribution in [2.75, 3.05) is 4.90 Å². The van der Waals surface area contributed by atoms with Crippen molar-refractivity contribution >= 4 is 17.1 Å². The van der Waals surface area contributed by atoms with E-state index in [0.29, 0.717) is 0 Å². The lowest BCUT2D eigenvalue weighted by Gasteiger charge is -2.55. The molecule has 3 heterocycles. The lowest BCUT2D eigenvalue weighted by atomic mass is 9.60.